The fraction of sp³-hybridized carbons (Fsp3) is 0.300. The number of rotatable bonds is 4. The van der Waals surface area contributed by atoms with Gasteiger partial charge >= 0.3 is 5.97 Å². The van der Waals surface area contributed by atoms with Gasteiger partial charge in [0, 0.05) is 26.6 Å². The fourth-order valence-corrected chi connectivity index (χ4v) is 5.06. The predicted molar refractivity (Wildman–Crippen MR) is 111 cm³/mol. The van der Waals surface area contributed by atoms with E-state index in [1.807, 2.05) is 0 Å². The molecular weight excluding hydrogens is 405 g/mol. The molecule has 142 valence electrons. The number of nitrogens with one attached hydrogen (secondary N) is 1. The topological polar surface area (TPSA) is 55.4 Å². The van der Waals surface area contributed by atoms with Crippen molar-refractivity contribution in [2.45, 2.75) is 26.2 Å². The minimum Gasteiger partial charge on any atom is -0.465 e. The number of methoxy groups -OCH3 is 1. The van der Waals surface area contributed by atoms with E-state index in [-0.39, 0.29) is 5.91 Å². The van der Waals surface area contributed by atoms with E-state index in [9.17, 15) is 9.59 Å². The van der Waals surface area contributed by atoms with Crippen LogP contribution in [0.4, 0.5) is 5.00 Å². The van der Waals surface area contributed by atoms with Crippen molar-refractivity contribution in [1.82, 2.24) is 0 Å². The molecule has 1 aromatic carbocycles. The minimum atomic E-state index is -0.421. The Hall–Kier alpha value is -1.82. The molecule has 0 radical (unpaired) electrons. The van der Waals surface area contributed by atoms with E-state index >= 15 is 0 Å². The number of hydrogen-bond donors (Lipinski definition) is 1. The van der Waals surface area contributed by atoms with E-state index in [0.717, 1.165) is 29.7 Å². The Morgan fingerprint density at radius 2 is 2.00 bits per heavy atom. The van der Waals surface area contributed by atoms with Crippen molar-refractivity contribution in [3.05, 3.63) is 55.9 Å². The highest BCUT2D eigenvalue weighted by Gasteiger charge is 2.28. The monoisotopic (exact) mass is 423 g/mol. The van der Waals surface area contributed by atoms with Crippen LogP contribution in [0.15, 0.2) is 24.3 Å². The molecule has 0 spiro atoms. The second-order valence-corrected chi connectivity index (χ2v) is 8.42. The van der Waals surface area contributed by atoms with E-state index in [0.29, 0.717) is 32.1 Å². The molecule has 0 saturated carbocycles. The largest absolute Gasteiger partial charge is 0.465 e. The molecular formula is C20H19Cl2NO3S. The summed E-state index contributed by atoms with van der Waals surface area (Å²) in [7, 11) is 1.35. The van der Waals surface area contributed by atoms with Gasteiger partial charge in [-0.05, 0) is 49.0 Å². The quantitative estimate of drug-likeness (QED) is 0.512. The molecule has 27 heavy (non-hydrogen) atoms. The Kier molecular flexibility index (Phi) is 6.25. The SMILES string of the molecule is COC(=O)c1c(NC(=O)C=Cc2c(Cl)cccc2Cl)sc2c1CCC(C)C2. The highest BCUT2D eigenvalue weighted by Crippen LogP contribution is 2.40. The van der Waals surface area contributed by atoms with E-state index in [2.05, 4.69) is 12.2 Å². The number of fused-ring (bicyclic) bond motifs is 1. The number of esters is 1. The van der Waals surface area contributed by atoms with Gasteiger partial charge in [-0.1, -0.05) is 36.2 Å². The molecule has 1 amide bonds. The van der Waals surface area contributed by atoms with Crippen LogP contribution in [0.3, 0.4) is 0 Å². The van der Waals surface area contributed by atoms with Crippen LogP contribution in [-0.4, -0.2) is 19.0 Å². The maximum absolute atomic E-state index is 12.4. The first kappa shape index (κ1) is 19.9. The molecule has 1 aromatic heterocycles. The third-order valence-electron chi connectivity index (χ3n) is 4.54. The summed E-state index contributed by atoms with van der Waals surface area (Å²) in [6.07, 6.45) is 5.66. The highest BCUT2D eigenvalue weighted by molar-refractivity contribution is 7.17. The van der Waals surface area contributed by atoms with Crippen LogP contribution in [0.1, 0.15) is 39.7 Å². The Balaban J connectivity index is 1.85. The normalized spacial score (nSPS) is 16.2. The van der Waals surface area contributed by atoms with Gasteiger partial charge in [0.1, 0.15) is 5.00 Å². The van der Waals surface area contributed by atoms with Crippen molar-refractivity contribution in [3.63, 3.8) is 0 Å². The van der Waals surface area contributed by atoms with Crippen molar-refractivity contribution in [2.24, 2.45) is 5.92 Å². The lowest BCUT2D eigenvalue weighted by atomic mass is 9.88. The van der Waals surface area contributed by atoms with Crippen LogP contribution in [-0.2, 0) is 22.4 Å². The molecule has 1 heterocycles. The minimum absolute atomic E-state index is 0.359. The first-order valence-corrected chi connectivity index (χ1v) is 10.1. The van der Waals surface area contributed by atoms with Crippen LogP contribution in [0.5, 0.6) is 0 Å². The molecule has 0 bridgehead atoms. The molecule has 4 nitrogen and oxygen atoms in total. The summed E-state index contributed by atoms with van der Waals surface area (Å²) in [5.41, 5.74) is 2.05. The summed E-state index contributed by atoms with van der Waals surface area (Å²) >= 11 is 13.7. The summed E-state index contributed by atoms with van der Waals surface area (Å²) in [6.45, 7) is 2.19. The Bertz CT molecular complexity index is 900. The Morgan fingerprint density at radius 3 is 2.67 bits per heavy atom. The predicted octanol–water partition coefficient (Wildman–Crippen LogP) is 5.62. The number of benzene rings is 1. The first-order chi connectivity index (χ1) is 12.9. The third-order valence-corrected chi connectivity index (χ3v) is 6.37. The third kappa shape index (κ3) is 4.37. The number of anilines is 1. The van der Waals surface area contributed by atoms with Gasteiger partial charge in [-0.15, -0.1) is 11.3 Å². The molecule has 0 aliphatic heterocycles. The molecule has 0 saturated heterocycles. The summed E-state index contributed by atoms with van der Waals surface area (Å²) in [4.78, 5) is 25.8. The van der Waals surface area contributed by atoms with Crippen molar-refractivity contribution < 1.29 is 14.3 Å². The molecule has 1 atom stereocenters. The number of amides is 1. The molecule has 1 N–H and O–H groups in total. The molecule has 3 rings (SSSR count). The van der Waals surface area contributed by atoms with Gasteiger partial charge in [0.15, 0.2) is 0 Å². The standard InChI is InChI=1S/C20H19Cl2NO3S/c1-11-6-7-13-16(10-11)27-19(18(13)20(25)26-2)23-17(24)9-8-12-14(21)4-3-5-15(12)22/h3-5,8-9,11H,6-7,10H2,1-2H3,(H,23,24). The Labute approximate surface area is 172 Å². The highest BCUT2D eigenvalue weighted by atomic mass is 35.5. The van der Waals surface area contributed by atoms with Gasteiger partial charge in [0.25, 0.3) is 0 Å². The zero-order chi connectivity index (χ0) is 19.6. The van der Waals surface area contributed by atoms with Gasteiger partial charge in [-0.25, -0.2) is 4.79 Å². The molecule has 0 fully saturated rings. The number of carbonyl (C=O) groups excluding carboxylic acids is 2. The lowest BCUT2D eigenvalue weighted by molar-refractivity contribution is -0.111. The van der Waals surface area contributed by atoms with Crippen LogP contribution in [0.25, 0.3) is 6.08 Å². The molecule has 7 heteroatoms. The van der Waals surface area contributed by atoms with E-state index in [1.54, 1.807) is 24.3 Å². The van der Waals surface area contributed by atoms with Gasteiger partial charge in [-0.3, -0.25) is 4.79 Å². The van der Waals surface area contributed by atoms with Gasteiger partial charge in [0.05, 0.1) is 12.7 Å². The summed E-state index contributed by atoms with van der Waals surface area (Å²) in [5, 5.41) is 4.26. The van der Waals surface area contributed by atoms with Crippen LogP contribution < -0.4 is 5.32 Å². The van der Waals surface area contributed by atoms with Crippen molar-refractivity contribution in [2.75, 3.05) is 12.4 Å². The number of carbonyl (C=O) groups is 2. The summed E-state index contributed by atoms with van der Waals surface area (Å²) in [5.74, 6) is -0.217. The van der Waals surface area contributed by atoms with Crippen LogP contribution in [0, 0.1) is 5.92 Å². The zero-order valence-corrected chi connectivity index (χ0v) is 17.3. The molecule has 1 aliphatic carbocycles. The number of hydrogen-bond acceptors (Lipinski definition) is 4. The molecule has 2 aromatic rings. The second kappa shape index (κ2) is 8.46. The number of thiophene rings is 1. The maximum atomic E-state index is 12.4. The molecule has 1 aliphatic rings. The van der Waals surface area contributed by atoms with Crippen molar-refractivity contribution >= 4 is 57.5 Å². The summed E-state index contributed by atoms with van der Waals surface area (Å²) in [6, 6.07) is 5.14. The average Bonchev–Trinajstić information content (AvgIpc) is 2.97. The first-order valence-electron chi connectivity index (χ1n) is 8.56. The van der Waals surface area contributed by atoms with E-state index in [1.165, 1.54) is 24.5 Å². The van der Waals surface area contributed by atoms with E-state index in [4.69, 9.17) is 27.9 Å². The average molecular weight is 424 g/mol. The van der Waals surface area contributed by atoms with Crippen molar-refractivity contribution in [1.29, 1.82) is 0 Å². The second-order valence-electron chi connectivity index (χ2n) is 6.51. The van der Waals surface area contributed by atoms with Crippen LogP contribution in [0.2, 0.25) is 10.0 Å². The Morgan fingerprint density at radius 1 is 1.30 bits per heavy atom. The molecule has 1 unspecified atom stereocenters. The van der Waals surface area contributed by atoms with Gasteiger partial charge in [0.2, 0.25) is 5.91 Å². The lowest BCUT2D eigenvalue weighted by Gasteiger charge is -2.18. The van der Waals surface area contributed by atoms with E-state index < -0.39 is 5.97 Å². The smallest absolute Gasteiger partial charge is 0.341 e. The number of ether oxygens (including phenoxy) is 1. The lowest BCUT2D eigenvalue weighted by Crippen LogP contribution is -2.14. The summed E-state index contributed by atoms with van der Waals surface area (Å²) < 4.78 is 4.93. The fourth-order valence-electron chi connectivity index (χ4n) is 3.14. The van der Waals surface area contributed by atoms with Crippen molar-refractivity contribution in [3.8, 4) is 0 Å². The van der Waals surface area contributed by atoms with Gasteiger partial charge in [-0.2, -0.15) is 0 Å². The maximum Gasteiger partial charge on any atom is 0.341 e. The van der Waals surface area contributed by atoms with Crippen LogP contribution >= 0.6 is 34.5 Å². The zero-order valence-electron chi connectivity index (χ0n) is 15.0. The van der Waals surface area contributed by atoms with Gasteiger partial charge < -0.3 is 10.1 Å². The number of halogens is 2.